The van der Waals surface area contributed by atoms with Crippen molar-refractivity contribution in [1.82, 2.24) is 20.2 Å². The fourth-order valence-corrected chi connectivity index (χ4v) is 4.35. The molecule has 1 amide bonds. The molecule has 0 radical (unpaired) electrons. The van der Waals surface area contributed by atoms with E-state index in [0.717, 1.165) is 51.7 Å². The summed E-state index contributed by atoms with van der Waals surface area (Å²) in [6.45, 7) is 3.98. The number of pyridine rings is 1. The maximum atomic E-state index is 12.4. The topological polar surface area (TPSA) is 93.8 Å². The molecule has 0 spiro atoms. The maximum absolute atomic E-state index is 12.4. The first-order chi connectivity index (χ1) is 15.6. The van der Waals surface area contributed by atoms with Gasteiger partial charge in [0.2, 0.25) is 18.2 Å². The van der Waals surface area contributed by atoms with Crippen LogP contribution >= 0.6 is 11.3 Å². The Labute approximate surface area is 190 Å². The van der Waals surface area contributed by atoms with Crippen LogP contribution in [0.4, 0.5) is 5.69 Å². The van der Waals surface area contributed by atoms with Crippen molar-refractivity contribution >= 4 is 29.0 Å². The van der Waals surface area contributed by atoms with Crippen molar-refractivity contribution in [3.63, 3.8) is 0 Å². The standard InChI is InChI=1S/C24H23N5O2S/c1-16-24(32-17(2)27-16)21-12-13-25-14-19(21)8-11-22(30)28-20-9-6-18(7-10-20)4-3-5-23-29-26-15-31-23/h6-15H,3-5H2,1-2H3,(H,28,30)/b11-8+. The predicted octanol–water partition coefficient (Wildman–Crippen LogP) is 5.03. The van der Waals surface area contributed by atoms with E-state index in [1.807, 2.05) is 44.2 Å². The van der Waals surface area contributed by atoms with Gasteiger partial charge in [0.15, 0.2) is 0 Å². The molecule has 0 saturated heterocycles. The van der Waals surface area contributed by atoms with Crippen LogP contribution in [0.5, 0.6) is 0 Å². The SMILES string of the molecule is Cc1nc(C)c(-c2ccncc2/C=C/C(=O)Nc2ccc(CCCc3nnco3)cc2)s1. The molecule has 0 atom stereocenters. The molecule has 162 valence electrons. The van der Waals surface area contributed by atoms with Gasteiger partial charge in [-0.2, -0.15) is 0 Å². The summed E-state index contributed by atoms with van der Waals surface area (Å²) in [5.74, 6) is 0.458. The number of anilines is 1. The molecule has 8 heteroatoms. The van der Waals surface area contributed by atoms with Gasteiger partial charge in [0.1, 0.15) is 0 Å². The third-order valence-electron chi connectivity index (χ3n) is 4.90. The van der Waals surface area contributed by atoms with Crippen molar-refractivity contribution in [3.8, 4) is 10.4 Å². The summed E-state index contributed by atoms with van der Waals surface area (Å²) in [5, 5.41) is 11.5. The van der Waals surface area contributed by atoms with E-state index < -0.39 is 0 Å². The zero-order valence-corrected chi connectivity index (χ0v) is 18.7. The van der Waals surface area contributed by atoms with Crippen molar-refractivity contribution in [2.75, 3.05) is 5.32 Å². The van der Waals surface area contributed by atoms with Gasteiger partial charge in [-0.3, -0.25) is 9.78 Å². The van der Waals surface area contributed by atoms with Crippen molar-refractivity contribution in [2.24, 2.45) is 0 Å². The summed E-state index contributed by atoms with van der Waals surface area (Å²) in [7, 11) is 0. The quantitative estimate of drug-likeness (QED) is 0.382. The number of hydrogen-bond donors (Lipinski definition) is 1. The van der Waals surface area contributed by atoms with Gasteiger partial charge in [-0.05, 0) is 56.5 Å². The minimum absolute atomic E-state index is 0.193. The van der Waals surface area contributed by atoms with Crippen LogP contribution < -0.4 is 5.32 Å². The molecule has 4 rings (SSSR count). The fourth-order valence-electron chi connectivity index (χ4n) is 3.38. The number of hydrogen-bond acceptors (Lipinski definition) is 7. The first-order valence-corrected chi connectivity index (χ1v) is 11.1. The summed E-state index contributed by atoms with van der Waals surface area (Å²) in [4.78, 5) is 22.2. The second-order valence-corrected chi connectivity index (χ2v) is 8.52. The third kappa shape index (κ3) is 5.53. The van der Waals surface area contributed by atoms with Crippen LogP contribution in [-0.2, 0) is 17.6 Å². The first kappa shape index (κ1) is 21.6. The smallest absolute Gasteiger partial charge is 0.248 e. The van der Waals surface area contributed by atoms with Gasteiger partial charge in [0.05, 0.1) is 15.6 Å². The zero-order chi connectivity index (χ0) is 22.3. The van der Waals surface area contributed by atoms with Crippen LogP contribution in [0.2, 0.25) is 0 Å². The minimum Gasteiger partial charge on any atom is -0.428 e. The van der Waals surface area contributed by atoms with Gasteiger partial charge in [0.25, 0.3) is 0 Å². The Bertz CT molecular complexity index is 1210. The number of benzene rings is 1. The van der Waals surface area contributed by atoms with Crippen molar-refractivity contribution < 1.29 is 9.21 Å². The lowest BCUT2D eigenvalue weighted by atomic mass is 10.1. The molecule has 3 heterocycles. The van der Waals surface area contributed by atoms with Crippen LogP contribution in [0.15, 0.2) is 59.6 Å². The fraction of sp³-hybridized carbons (Fsp3) is 0.208. The third-order valence-corrected chi connectivity index (χ3v) is 6.00. The normalized spacial score (nSPS) is 11.2. The summed E-state index contributed by atoms with van der Waals surface area (Å²) in [6.07, 6.45) is 10.7. The number of carbonyl (C=O) groups is 1. The van der Waals surface area contributed by atoms with Gasteiger partial charge in [-0.25, -0.2) is 4.98 Å². The molecular formula is C24H23N5O2S. The molecular weight excluding hydrogens is 422 g/mol. The van der Waals surface area contributed by atoms with E-state index in [1.54, 1.807) is 29.8 Å². The molecule has 1 aromatic carbocycles. The van der Waals surface area contributed by atoms with E-state index in [2.05, 4.69) is 25.5 Å². The van der Waals surface area contributed by atoms with Gasteiger partial charge in [-0.1, -0.05) is 12.1 Å². The molecule has 0 aliphatic heterocycles. The molecule has 3 aromatic heterocycles. The van der Waals surface area contributed by atoms with Gasteiger partial charge >= 0.3 is 0 Å². The summed E-state index contributed by atoms with van der Waals surface area (Å²) in [6, 6.07) is 9.80. The predicted molar refractivity (Wildman–Crippen MR) is 125 cm³/mol. The summed E-state index contributed by atoms with van der Waals surface area (Å²) < 4.78 is 5.15. The van der Waals surface area contributed by atoms with Crippen molar-refractivity contribution in [1.29, 1.82) is 0 Å². The van der Waals surface area contributed by atoms with Crippen LogP contribution in [0.3, 0.4) is 0 Å². The highest BCUT2D eigenvalue weighted by Crippen LogP contribution is 2.32. The highest BCUT2D eigenvalue weighted by Gasteiger charge is 2.11. The molecule has 0 bridgehead atoms. The minimum atomic E-state index is -0.193. The number of amides is 1. The van der Waals surface area contributed by atoms with Crippen molar-refractivity contribution in [2.45, 2.75) is 33.1 Å². The van der Waals surface area contributed by atoms with Crippen molar-refractivity contribution in [3.05, 3.63) is 82.9 Å². The van der Waals surface area contributed by atoms with Crippen LogP contribution in [-0.4, -0.2) is 26.1 Å². The number of nitrogens with zero attached hydrogens (tertiary/aromatic N) is 4. The Morgan fingerprint density at radius 2 is 2.00 bits per heavy atom. The molecule has 0 saturated carbocycles. The molecule has 0 fully saturated rings. The second-order valence-electron chi connectivity index (χ2n) is 7.32. The highest BCUT2D eigenvalue weighted by atomic mass is 32.1. The van der Waals surface area contributed by atoms with E-state index in [0.29, 0.717) is 5.89 Å². The lowest BCUT2D eigenvalue weighted by Crippen LogP contribution is -2.07. The van der Waals surface area contributed by atoms with E-state index in [9.17, 15) is 4.79 Å². The Kier molecular flexibility index (Phi) is 6.81. The van der Waals surface area contributed by atoms with E-state index in [-0.39, 0.29) is 5.91 Å². The first-order valence-electron chi connectivity index (χ1n) is 10.3. The molecule has 0 aliphatic rings. The summed E-state index contributed by atoms with van der Waals surface area (Å²) >= 11 is 1.64. The van der Waals surface area contributed by atoms with Crippen LogP contribution in [0.1, 0.15) is 34.1 Å². The average Bonchev–Trinajstić information content (AvgIpc) is 3.43. The van der Waals surface area contributed by atoms with Gasteiger partial charge < -0.3 is 9.73 Å². The number of aromatic nitrogens is 4. The molecule has 1 N–H and O–H groups in total. The Morgan fingerprint density at radius 1 is 1.16 bits per heavy atom. The number of aryl methyl sites for hydroxylation is 4. The summed E-state index contributed by atoms with van der Waals surface area (Å²) in [5.41, 5.74) is 4.83. The lowest BCUT2D eigenvalue weighted by Gasteiger charge is -2.06. The largest absolute Gasteiger partial charge is 0.428 e. The van der Waals surface area contributed by atoms with E-state index in [4.69, 9.17) is 4.42 Å². The molecule has 7 nitrogen and oxygen atoms in total. The Morgan fingerprint density at radius 3 is 2.72 bits per heavy atom. The monoisotopic (exact) mass is 445 g/mol. The second kappa shape index (κ2) is 10.1. The van der Waals surface area contributed by atoms with E-state index in [1.165, 1.54) is 18.0 Å². The van der Waals surface area contributed by atoms with Gasteiger partial charge in [0, 0.05) is 41.7 Å². The van der Waals surface area contributed by atoms with Crippen LogP contribution in [0.25, 0.3) is 16.5 Å². The van der Waals surface area contributed by atoms with Gasteiger partial charge in [-0.15, -0.1) is 21.5 Å². The lowest BCUT2D eigenvalue weighted by molar-refractivity contribution is -0.111. The number of carbonyl (C=O) groups excluding carboxylic acids is 1. The molecule has 0 unspecified atom stereocenters. The average molecular weight is 446 g/mol. The number of thiazole rings is 1. The Balaban J connectivity index is 1.35. The maximum Gasteiger partial charge on any atom is 0.248 e. The highest BCUT2D eigenvalue weighted by molar-refractivity contribution is 7.15. The number of nitrogens with one attached hydrogen (secondary N) is 1. The number of rotatable bonds is 8. The zero-order valence-electron chi connectivity index (χ0n) is 17.9. The molecule has 0 aliphatic carbocycles. The molecule has 32 heavy (non-hydrogen) atoms. The molecule has 4 aromatic rings. The Hall–Kier alpha value is -3.65. The van der Waals surface area contributed by atoms with E-state index >= 15 is 0 Å². The van der Waals surface area contributed by atoms with Crippen LogP contribution in [0, 0.1) is 13.8 Å².